The molecule has 0 saturated carbocycles. The van der Waals surface area contributed by atoms with Crippen LogP contribution in [0.15, 0.2) is 0 Å². The molecule has 0 aliphatic rings. The Morgan fingerprint density at radius 1 is 0.538 bits per heavy atom. The molecule has 0 rings (SSSR count). The third kappa shape index (κ3) is 36.1. The van der Waals surface area contributed by atoms with Gasteiger partial charge in [-0.25, -0.2) is 12.3 Å². The van der Waals surface area contributed by atoms with Crippen molar-refractivity contribution in [2.75, 3.05) is 0 Å². The summed E-state index contributed by atoms with van der Waals surface area (Å²) in [7, 11) is -4.64. The molecule has 0 fully saturated rings. The molecule has 0 atom stereocenters. The van der Waals surface area contributed by atoms with Gasteiger partial charge in [0.2, 0.25) is 0 Å². The molecule has 0 aromatic rings. The van der Waals surface area contributed by atoms with Crippen LogP contribution in [0.1, 0.15) is 110 Å². The topological polar surface area (TPSA) is 0 Å². The molecule has 0 nitrogen and oxygen atoms in total. The maximum atomic E-state index is 9.81. The average molecular weight is 474 g/mol. The normalized spacial score (nSPS) is 11.5. The quantitative estimate of drug-likeness (QED) is 0.112. The summed E-state index contributed by atoms with van der Waals surface area (Å²) in [5.74, 6) is 0. The molecule has 0 aliphatic carbocycles. The Hall–Kier alpha value is 1.09. The van der Waals surface area contributed by atoms with Gasteiger partial charge in [-0.2, -0.15) is 0 Å². The highest BCUT2D eigenvalue weighted by molar-refractivity contribution is 7.64. The van der Waals surface area contributed by atoms with Crippen molar-refractivity contribution in [3.05, 3.63) is 0 Å². The first-order chi connectivity index (χ1) is 12.3. The lowest BCUT2D eigenvalue weighted by molar-refractivity contribution is 0.531. The van der Waals surface area contributed by atoms with E-state index in [1.54, 1.807) is 0 Å². The van der Waals surface area contributed by atoms with E-state index >= 15 is 0 Å². The van der Waals surface area contributed by atoms with Gasteiger partial charge >= 0.3 is 15.8 Å². The Kier molecular flexibility index (Phi) is 25.2. The second-order valence-electron chi connectivity index (χ2n) is 6.92. The van der Waals surface area contributed by atoms with Gasteiger partial charge in [0.25, 0.3) is 0 Å². The third-order valence-corrected chi connectivity index (χ3v) is 6.94. The third-order valence-electron chi connectivity index (χ3n) is 4.31. The van der Waals surface area contributed by atoms with Crippen molar-refractivity contribution in [2.24, 2.45) is 0 Å². The Morgan fingerprint density at radius 2 is 0.769 bits per heavy atom. The Labute approximate surface area is 176 Å². The van der Waals surface area contributed by atoms with E-state index in [1.165, 1.54) is 96.3 Å². The van der Waals surface area contributed by atoms with Crippen LogP contribution in [0.5, 0.6) is 0 Å². The van der Waals surface area contributed by atoms with E-state index in [4.69, 9.17) is 33.2 Å². The van der Waals surface area contributed by atoms with Crippen LogP contribution in [0.25, 0.3) is 0 Å². The fourth-order valence-corrected chi connectivity index (χ4v) is 4.73. The van der Waals surface area contributed by atoms with E-state index in [2.05, 4.69) is 6.92 Å². The molecule has 160 valence electrons. The first-order valence-corrected chi connectivity index (χ1v) is 16.8. The Bertz CT molecular complexity index is 266. The minimum absolute atomic E-state index is 0.829. The molecule has 0 aromatic carbocycles. The molecule has 0 bridgehead atoms. The highest BCUT2D eigenvalue weighted by atomic mass is 35.8. The van der Waals surface area contributed by atoms with Gasteiger partial charge in [-0.05, 0) is 6.04 Å². The maximum Gasteiger partial charge on any atom is 0.599 e. The fourth-order valence-electron chi connectivity index (χ4n) is 2.87. The van der Waals surface area contributed by atoms with Crippen molar-refractivity contribution in [3.63, 3.8) is 0 Å². The van der Waals surface area contributed by atoms with Crippen LogP contribution >= 0.6 is 33.2 Å². The fraction of sp³-hybridized carbons (Fsp3) is 1.00. The van der Waals surface area contributed by atoms with Crippen molar-refractivity contribution < 1.29 is 12.3 Å². The number of unbranched alkanes of at least 4 members (excludes halogenated alkanes) is 15. The zero-order valence-electron chi connectivity index (χ0n) is 16.4. The summed E-state index contributed by atoms with van der Waals surface area (Å²) in [6.45, 7) is 2.28. The lowest BCUT2D eigenvalue weighted by Crippen LogP contribution is -2.07. The summed E-state index contributed by atoms with van der Waals surface area (Å²) in [6.07, 6.45) is 22.2. The maximum absolute atomic E-state index is 9.81. The molecule has 0 aromatic heterocycles. The van der Waals surface area contributed by atoms with Gasteiger partial charge in [0.05, 0.1) is 0 Å². The van der Waals surface area contributed by atoms with Gasteiger partial charge in [0.1, 0.15) is 0 Å². The molecule has 0 amide bonds. The minimum atomic E-state index is -4.64. The van der Waals surface area contributed by atoms with E-state index < -0.39 is 15.8 Å². The standard InChI is InChI=1S/C18H37Cl3Si.F3HSi/c1-2-3-4-5-6-7-8-9-10-11-12-13-14-15-16-17-18-22(19,20)21;1-4(2)3/h2-18H2,1H3;4H. The molecule has 8 heteroatoms. The minimum Gasteiger partial charge on any atom is -0.240 e. The van der Waals surface area contributed by atoms with Gasteiger partial charge in [-0.3, -0.25) is 0 Å². The van der Waals surface area contributed by atoms with Crippen molar-refractivity contribution in [3.8, 4) is 0 Å². The van der Waals surface area contributed by atoms with E-state index in [0.29, 0.717) is 0 Å². The molecule has 0 N–H and O–H groups in total. The lowest BCUT2D eigenvalue weighted by Gasteiger charge is -2.07. The SMILES string of the molecule is CCCCCCCCCCCCCCCCCC[Si](Cl)(Cl)Cl.F[SiH](F)F. The summed E-state index contributed by atoms with van der Waals surface area (Å²) < 4.78 is 29.4. The van der Waals surface area contributed by atoms with Gasteiger partial charge in [-0.1, -0.05) is 110 Å². The number of hydrogen-bond donors (Lipinski definition) is 0. The Balaban J connectivity index is 0. The van der Waals surface area contributed by atoms with Crippen molar-refractivity contribution >= 4 is 49.0 Å². The summed E-state index contributed by atoms with van der Waals surface area (Å²) in [5.41, 5.74) is 0. The van der Waals surface area contributed by atoms with E-state index in [9.17, 15) is 12.3 Å². The van der Waals surface area contributed by atoms with Crippen LogP contribution < -0.4 is 0 Å². The molecule has 0 unspecified atom stereocenters. The molecular weight excluding hydrogens is 436 g/mol. The zero-order valence-corrected chi connectivity index (χ0v) is 20.8. The van der Waals surface area contributed by atoms with Crippen molar-refractivity contribution in [1.82, 2.24) is 0 Å². The smallest absolute Gasteiger partial charge is 0.240 e. The highest BCUT2D eigenvalue weighted by Crippen LogP contribution is 2.27. The molecule has 0 saturated heterocycles. The molecule has 26 heavy (non-hydrogen) atoms. The van der Waals surface area contributed by atoms with Crippen molar-refractivity contribution in [1.29, 1.82) is 0 Å². The predicted molar refractivity (Wildman–Crippen MR) is 118 cm³/mol. The van der Waals surface area contributed by atoms with E-state index in [0.717, 1.165) is 12.5 Å². The first-order valence-electron chi connectivity index (χ1n) is 10.3. The second-order valence-corrected chi connectivity index (χ2v) is 16.7. The van der Waals surface area contributed by atoms with Crippen LogP contribution in [0.2, 0.25) is 6.04 Å². The van der Waals surface area contributed by atoms with Crippen LogP contribution in [-0.2, 0) is 0 Å². The zero-order chi connectivity index (χ0) is 20.1. The monoisotopic (exact) mass is 472 g/mol. The molecule has 0 radical (unpaired) electrons. The predicted octanol–water partition coefficient (Wildman–Crippen LogP) is 9.52. The largest absolute Gasteiger partial charge is 0.599 e. The molecule has 0 spiro atoms. The van der Waals surface area contributed by atoms with Crippen molar-refractivity contribution in [2.45, 2.75) is 116 Å². The molecular formula is C18H38Cl3F3Si2. The summed E-state index contributed by atoms with van der Waals surface area (Å²) in [6, 6.07) is -1.52. The van der Waals surface area contributed by atoms with Gasteiger partial charge < -0.3 is 0 Å². The van der Waals surface area contributed by atoms with E-state index in [1.807, 2.05) is 0 Å². The first kappa shape index (κ1) is 29.3. The number of halogens is 6. The number of rotatable bonds is 17. The second kappa shape index (κ2) is 22.4. The molecule has 0 aliphatic heterocycles. The lowest BCUT2D eigenvalue weighted by atomic mass is 10.0. The Morgan fingerprint density at radius 3 is 1.00 bits per heavy atom. The average Bonchev–Trinajstić information content (AvgIpc) is 2.53. The highest BCUT2D eigenvalue weighted by Gasteiger charge is 2.23. The van der Waals surface area contributed by atoms with Gasteiger partial charge in [0, 0.05) is 0 Å². The summed E-state index contributed by atoms with van der Waals surface area (Å²) >= 11 is 17.6. The van der Waals surface area contributed by atoms with Crippen LogP contribution in [0, 0.1) is 0 Å². The molecule has 0 heterocycles. The van der Waals surface area contributed by atoms with Crippen LogP contribution in [-0.4, -0.2) is 15.8 Å². The van der Waals surface area contributed by atoms with Gasteiger partial charge in [-0.15, -0.1) is 33.2 Å². The van der Waals surface area contributed by atoms with Crippen LogP contribution in [0.4, 0.5) is 12.3 Å². The number of hydrogen-bond acceptors (Lipinski definition) is 0. The van der Waals surface area contributed by atoms with E-state index in [-0.39, 0.29) is 0 Å². The van der Waals surface area contributed by atoms with Crippen LogP contribution in [0.3, 0.4) is 0 Å². The summed E-state index contributed by atoms with van der Waals surface area (Å²) in [4.78, 5) is 0. The van der Waals surface area contributed by atoms with Gasteiger partial charge in [0.15, 0.2) is 0 Å². The summed E-state index contributed by atoms with van der Waals surface area (Å²) in [5, 5.41) is 0.